The Kier molecular flexibility index (Phi) is 7.60. The van der Waals surface area contributed by atoms with E-state index in [2.05, 4.69) is 26.0 Å². The van der Waals surface area contributed by atoms with E-state index in [-0.39, 0.29) is 17.1 Å². The number of rotatable bonds is 4. The minimum absolute atomic E-state index is 0.0154. The topological polar surface area (TPSA) is 118 Å². The van der Waals surface area contributed by atoms with Crippen molar-refractivity contribution in [2.45, 2.75) is 26.9 Å². The van der Waals surface area contributed by atoms with E-state index in [4.69, 9.17) is 17.0 Å². The number of alkyl carbamates (subject to hydrolysis) is 1. The van der Waals surface area contributed by atoms with Crippen molar-refractivity contribution in [3.05, 3.63) is 18.2 Å². The minimum atomic E-state index is -0.728. The minimum Gasteiger partial charge on any atom is -0.453 e. The van der Waals surface area contributed by atoms with Crippen molar-refractivity contribution in [3.8, 4) is 0 Å². The Labute approximate surface area is 150 Å². The lowest BCUT2D eigenvalue weighted by Crippen LogP contribution is -2.34. The first-order valence-electron chi connectivity index (χ1n) is 7.26. The van der Waals surface area contributed by atoms with Crippen LogP contribution in [0.25, 0.3) is 0 Å². The molecule has 4 N–H and O–H groups in total. The quantitative estimate of drug-likeness (QED) is 0.603. The van der Waals surface area contributed by atoms with Crippen LogP contribution < -0.4 is 21.3 Å². The molecule has 0 aliphatic rings. The molecule has 0 radical (unpaired) electrons. The number of carbonyl (C=O) groups is 3. The predicted octanol–water partition coefficient (Wildman–Crippen LogP) is 2.65. The van der Waals surface area contributed by atoms with Crippen LogP contribution in [-0.2, 0) is 14.3 Å². The largest absolute Gasteiger partial charge is 0.453 e. The Hall–Kier alpha value is -2.88. The monoisotopic (exact) mass is 368 g/mol. The van der Waals surface area contributed by atoms with Crippen molar-refractivity contribution < 1.29 is 23.9 Å². The van der Waals surface area contributed by atoms with Gasteiger partial charge in [-0.1, -0.05) is 0 Å². The van der Waals surface area contributed by atoms with E-state index in [1.54, 1.807) is 26.0 Å². The fraction of sp³-hybridized carbons (Fsp3) is 0.333. The van der Waals surface area contributed by atoms with Crippen molar-refractivity contribution in [1.82, 2.24) is 5.32 Å². The number of thiocarbonyl (C=S) groups is 1. The van der Waals surface area contributed by atoms with Crippen LogP contribution in [0.4, 0.5) is 26.7 Å². The fourth-order valence-electron chi connectivity index (χ4n) is 1.68. The van der Waals surface area contributed by atoms with E-state index in [1.165, 1.54) is 20.1 Å². The van der Waals surface area contributed by atoms with Gasteiger partial charge in [-0.25, -0.2) is 9.59 Å². The molecule has 0 saturated carbocycles. The molecule has 0 aromatic heterocycles. The number of nitrogens with one attached hydrogen (secondary N) is 4. The third-order valence-electron chi connectivity index (χ3n) is 2.57. The maximum atomic E-state index is 11.7. The Morgan fingerprint density at radius 2 is 1.72 bits per heavy atom. The zero-order valence-electron chi connectivity index (χ0n) is 14.3. The van der Waals surface area contributed by atoms with Gasteiger partial charge in [0, 0.05) is 12.6 Å². The summed E-state index contributed by atoms with van der Waals surface area (Å²) < 4.78 is 9.43. The lowest BCUT2D eigenvalue weighted by molar-refractivity contribution is -0.114. The molecule has 10 heteroatoms. The van der Waals surface area contributed by atoms with Gasteiger partial charge in [0.15, 0.2) is 5.11 Å². The van der Waals surface area contributed by atoms with Crippen LogP contribution in [0.3, 0.4) is 0 Å². The van der Waals surface area contributed by atoms with Gasteiger partial charge in [0.2, 0.25) is 5.91 Å². The molecule has 0 heterocycles. The number of ether oxygens (including phenoxy) is 2. The highest BCUT2D eigenvalue weighted by molar-refractivity contribution is 7.80. The molecule has 0 aliphatic carbocycles. The number of hydrogen-bond acceptors (Lipinski definition) is 6. The Balaban J connectivity index is 2.94. The van der Waals surface area contributed by atoms with Gasteiger partial charge in [0.1, 0.15) is 0 Å². The lowest BCUT2D eigenvalue weighted by Gasteiger charge is -2.15. The number of carbonyl (C=O) groups excluding carboxylic acids is 3. The molecule has 9 nitrogen and oxygen atoms in total. The standard InChI is InChI=1S/C15H20N4O5S/c1-8(2)24-15(22)17-10-5-6-11(12(7-10)16-9(3)20)18-13(25)19-14(21)23-4/h5-8H,1-4H3,(H,16,20)(H,17,22)(H2,18,19,21,25). The molecule has 3 amide bonds. The molecule has 1 aromatic carbocycles. The smallest absolute Gasteiger partial charge is 0.413 e. The first-order chi connectivity index (χ1) is 11.7. The van der Waals surface area contributed by atoms with E-state index in [9.17, 15) is 14.4 Å². The van der Waals surface area contributed by atoms with Crippen molar-refractivity contribution in [2.75, 3.05) is 23.1 Å². The van der Waals surface area contributed by atoms with Crippen LogP contribution in [0.2, 0.25) is 0 Å². The van der Waals surface area contributed by atoms with Gasteiger partial charge in [-0.05, 0) is 44.3 Å². The number of hydrogen-bond donors (Lipinski definition) is 4. The third kappa shape index (κ3) is 7.48. The summed E-state index contributed by atoms with van der Waals surface area (Å²) in [6, 6.07) is 4.67. The Morgan fingerprint density at radius 1 is 1.04 bits per heavy atom. The van der Waals surface area contributed by atoms with Crippen LogP contribution in [0.1, 0.15) is 20.8 Å². The third-order valence-corrected chi connectivity index (χ3v) is 2.77. The van der Waals surface area contributed by atoms with E-state index >= 15 is 0 Å². The van der Waals surface area contributed by atoms with Crippen LogP contribution in [0, 0.1) is 0 Å². The average Bonchev–Trinajstić information content (AvgIpc) is 2.48. The number of methoxy groups -OCH3 is 1. The molecule has 0 spiro atoms. The van der Waals surface area contributed by atoms with Crippen LogP contribution in [-0.4, -0.2) is 36.4 Å². The maximum Gasteiger partial charge on any atom is 0.413 e. The van der Waals surface area contributed by atoms with Crippen molar-refractivity contribution >= 4 is 52.5 Å². The molecular formula is C15H20N4O5S. The first-order valence-corrected chi connectivity index (χ1v) is 7.67. The molecule has 0 saturated heterocycles. The number of benzene rings is 1. The second-order valence-electron chi connectivity index (χ2n) is 5.09. The predicted molar refractivity (Wildman–Crippen MR) is 97.7 cm³/mol. The van der Waals surface area contributed by atoms with E-state index in [0.29, 0.717) is 17.1 Å². The fourth-order valence-corrected chi connectivity index (χ4v) is 1.88. The van der Waals surface area contributed by atoms with Gasteiger partial charge in [-0.3, -0.25) is 15.4 Å². The normalized spacial score (nSPS) is 9.80. The van der Waals surface area contributed by atoms with Gasteiger partial charge in [0.25, 0.3) is 0 Å². The van der Waals surface area contributed by atoms with E-state index in [1.807, 2.05) is 0 Å². The summed E-state index contributed by atoms with van der Waals surface area (Å²) in [5.41, 5.74) is 1.18. The summed E-state index contributed by atoms with van der Waals surface area (Å²) in [5, 5.41) is 10.2. The zero-order chi connectivity index (χ0) is 19.0. The first kappa shape index (κ1) is 20.2. The van der Waals surface area contributed by atoms with E-state index in [0.717, 1.165) is 0 Å². The second kappa shape index (κ2) is 9.42. The Morgan fingerprint density at radius 3 is 2.28 bits per heavy atom. The Bertz CT molecular complexity index is 678. The molecule has 0 unspecified atom stereocenters. The van der Waals surface area contributed by atoms with Crippen LogP contribution in [0.15, 0.2) is 18.2 Å². The molecule has 136 valence electrons. The molecule has 1 aromatic rings. The van der Waals surface area contributed by atoms with Gasteiger partial charge < -0.3 is 20.1 Å². The van der Waals surface area contributed by atoms with Gasteiger partial charge in [-0.2, -0.15) is 0 Å². The average molecular weight is 368 g/mol. The summed E-state index contributed by atoms with van der Waals surface area (Å²) in [6.07, 6.45) is -1.61. The highest BCUT2D eigenvalue weighted by atomic mass is 32.1. The second-order valence-corrected chi connectivity index (χ2v) is 5.50. The molecule has 0 bridgehead atoms. The molecule has 0 atom stereocenters. The number of anilines is 3. The van der Waals surface area contributed by atoms with Gasteiger partial charge >= 0.3 is 12.2 Å². The van der Waals surface area contributed by atoms with Gasteiger partial charge in [-0.15, -0.1) is 0 Å². The zero-order valence-corrected chi connectivity index (χ0v) is 15.1. The summed E-state index contributed by atoms with van der Waals surface area (Å²) >= 11 is 4.98. The molecular weight excluding hydrogens is 348 g/mol. The van der Waals surface area contributed by atoms with Crippen LogP contribution in [0.5, 0.6) is 0 Å². The summed E-state index contributed by atoms with van der Waals surface area (Å²) in [4.78, 5) is 34.2. The highest BCUT2D eigenvalue weighted by Gasteiger charge is 2.11. The number of amides is 3. The maximum absolute atomic E-state index is 11.7. The molecule has 1 rings (SSSR count). The summed E-state index contributed by atoms with van der Waals surface area (Å²) in [6.45, 7) is 4.79. The van der Waals surface area contributed by atoms with Crippen molar-refractivity contribution in [3.63, 3.8) is 0 Å². The molecule has 0 fully saturated rings. The van der Waals surface area contributed by atoms with Crippen molar-refractivity contribution in [1.29, 1.82) is 0 Å². The molecule has 25 heavy (non-hydrogen) atoms. The van der Waals surface area contributed by atoms with Crippen LogP contribution >= 0.6 is 12.2 Å². The lowest BCUT2D eigenvalue weighted by atomic mass is 10.2. The van der Waals surface area contributed by atoms with Gasteiger partial charge in [0.05, 0.1) is 24.6 Å². The SMILES string of the molecule is COC(=O)NC(=S)Nc1ccc(NC(=O)OC(C)C)cc1NC(C)=O. The van der Waals surface area contributed by atoms with E-state index < -0.39 is 12.2 Å². The molecule has 0 aliphatic heterocycles. The summed E-state index contributed by atoms with van der Waals surface area (Å²) in [7, 11) is 1.21. The summed E-state index contributed by atoms with van der Waals surface area (Å²) in [5.74, 6) is -0.322. The van der Waals surface area contributed by atoms with Crippen molar-refractivity contribution in [2.24, 2.45) is 0 Å². The highest BCUT2D eigenvalue weighted by Crippen LogP contribution is 2.26.